The van der Waals surface area contributed by atoms with E-state index in [1.807, 2.05) is 18.9 Å². The molecule has 0 aliphatic carbocycles. The summed E-state index contributed by atoms with van der Waals surface area (Å²) in [4.78, 5) is 1.95. The van der Waals surface area contributed by atoms with Crippen LogP contribution in [-0.2, 0) is 6.61 Å². The molecule has 1 rings (SSSR count). The zero-order chi connectivity index (χ0) is 15.1. The van der Waals surface area contributed by atoms with Gasteiger partial charge in [0.25, 0.3) is 0 Å². The van der Waals surface area contributed by atoms with E-state index in [2.05, 4.69) is 6.58 Å². The number of aliphatic hydroxyl groups is 3. The quantitative estimate of drug-likeness (QED) is 0.628. The number of benzene rings is 1. The summed E-state index contributed by atoms with van der Waals surface area (Å²) in [5.41, 5.74) is 1.56. The van der Waals surface area contributed by atoms with Crippen molar-refractivity contribution in [3.8, 4) is 0 Å². The van der Waals surface area contributed by atoms with Gasteiger partial charge in [0.1, 0.15) is 0 Å². The van der Waals surface area contributed by atoms with Crippen molar-refractivity contribution in [1.29, 1.82) is 0 Å². The first-order chi connectivity index (χ1) is 9.49. The van der Waals surface area contributed by atoms with Gasteiger partial charge in [0.15, 0.2) is 0 Å². The summed E-state index contributed by atoms with van der Waals surface area (Å²) in [5.74, 6) is -0.276. The standard InChI is InChI=1S/C16H25NO3/c1-4-9-17(3)10-15(19)12(2)16(20)14-7-5-13(11-18)6-8-14/h4-8,12,15-16,18-20H,1,9-11H2,2-3H3/t12-,15+,16+/m1/s1. The molecule has 4 nitrogen and oxygen atoms in total. The Kier molecular flexibility index (Phi) is 6.88. The number of likely N-dealkylation sites (N-methyl/N-ethyl adjacent to an activating group) is 1. The van der Waals surface area contributed by atoms with Crippen molar-refractivity contribution in [1.82, 2.24) is 4.90 Å². The van der Waals surface area contributed by atoms with Crippen molar-refractivity contribution >= 4 is 0 Å². The van der Waals surface area contributed by atoms with E-state index in [9.17, 15) is 10.2 Å². The third kappa shape index (κ3) is 4.72. The van der Waals surface area contributed by atoms with Gasteiger partial charge in [-0.25, -0.2) is 0 Å². The second-order valence-corrected chi connectivity index (χ2v) is 5.28. The van der Waals surface area contributed by atoms with Crippen LogP contribution in [0.1, 0.15) is 24.2 Å². The molecule has 3 atom stereocenters. The monoisotopic (exact) mass is 279 g/mol. The molecule has 0 amide bonds. The predicted molar refractivity (Wildman–Crippen MR) is 80.2 cm³/mol. The summed E-state index contributed by atoms with van der Waals surface area (Å²) in [7, 11) is 1.90. The number of hydrogen-bond acceptors (Lipinski definition) is 4. The fourth-order valence-electron chi connectivity index (χ4n) is 2.11. The van der Waals surface area contributed by atoms with Gasteiger partial charge >= 0.3 is 0 Å². The number of rotatable bonds is 8. The van der Waals surface area contributed by atoms with Gasteiger partial charge in [-0.1, -0.05) is 37.3 Å². The molecule has 0 spiro atoms. The van der Waals surface area contributed by atoms with Crippen LogP contribution in [-0.4, -0.2) is 46.5 Å². The van der Waals surface area contributed by atoms with E-state index in [1.54, 1.807) is 30.3 Å². The molecule has 0 heterocycles. The normalized spacial score (nSPS) is 15.9. The van der Waals surface area contributed by atoms with Gasteiger partial charge < -0.3 is 20.2 Å². The highest BCUT2D eigenvalue weighted by Crippen LogP contribution is 2.25. The Morgan fingerprint density at radius 2 is 1.85 bits per heavy atom. The average Bonchev–Trinajstić information content (AvgIpc) is 2.46. The van der Waals surface area contributed by atoms with Gasteiger partial charge in [-0.2, -0.15) is 0 Å². The van der Waals surface area contributed by atoms with E-state index in [0.29, 0.717) is 13.1 Å². The molecule has 112 valence electrons. The van der Waals surface area contributed by atoms with Crippen LogP contribution >= 0.6 is 0 Å². The highest BCUT2D eigenvalue weighted by molar-refractivity contribution is 5.24. The highest BCUT2D eigenvalue weighted by atomic mass is 16.3. The first kappa shape index (κ1) is 16.9. The molecule has 0 unspecified atom stereocenters. The molecule has 0 aromatic heterocycles. The minimum atomic E-state index is -0.727. The van der Waals surface area contributed by atoms with Crippen molar-refractivity contribution in [3.63, 3.8) is 0 Å². The second-order valence-electron chi connectivity index (χ2n) is 5.28. The molecule has 3 N–H and O–H groups in total. The van der Waals surface area contributed by atoms with E-state index < -0.39 is 12.2 Å². The van der Waals surface area contributed by atoms with Crippen LogP contribution in [0.5, 0.6) is 0 Å². The number of aliphatic hydroxyl groups excluding tert-OH is 3. The molecule has 0 aliphatic rings. The maximum absolute atomic E-state index is 10.3. The fraction of sp³-hybridized carbons (Fsp3) is 0.500. The molecule has 1 aromatic rings. The minimum Gasteiger partial charge on any atom is -0.392 e. The summed E-state index contributed by atoms with van der Waals surface area (Å²) in [6.07, 6.45) is 0.434. The molecule has 0 fully saturated rings. The van der Waals surface area contributed by atoms with Crippen LogP contribution in [0.2, 0.25) is 0 Å². The van der Waals surface area contributed by atoms with Crippen LogP contribution in [0.15, 0.2) is 36.9 Å². The van der Waals surface area contributed by atoms with Crippen LogP contribution in [0, 0.1) is 5.92 Å². The van der Waals surface area contributed by atoms with Crippen LogP contribution in [0.3, 0.4) is 0 Å². The van der Waals surface area contributed by atoms with Crippen LogP contribution in [0.25, 0.3) is 0 Å². The molecule has 0 saturated heterocycles. The molecule has 20 heavy (non-hydrogen) atoms. The zero-order valence-corrected chi connectivity index (χ0v) is 12.2. The molecule has 0 saturated carbocycles. The van der Waals surface area contributed by atoms with Crippen molar-refractivity contribution < 1.29 is 15.3 Å². The lowest BCUT2D eigenvalue weighted by Crippen LogP contribution is -2.35. The topological polar surface area (TPSA) is 63.9 Å². The average molecular weight is 279 g/mol. The molecule has 1 aromatic carbocycles. The van der Waals surface area contributed by atoms with Crippen LogP contribution < -0.4 is 0 Å². The van der Waals surface area contributed by atoms with Crippen molar-refractivity contribution in [2.45, 2.75) is 25.7 Å². The summed E-state index contributed by atoms with van der Waals surface area (Å²) >= 11 is 0. The lowest BCUT2D eigenvalue weighted by Gasteiger charge is -2.27. The van der Waals surface area contributed by atoms with E-state index in [1.165, 1.54) is 0 Å². The smallest absolute Gasteiger partial charge is 0.0840 e. The molecule has 0 radical (unpaired) electrons. The lowest BCUT2D eigenvalue weighted by atomic mass is 9.92. The minimum absolute atomic E-state index is 0.0130. The Hall–Kier alpha value is -1.20. The Morgan fingerprint density at radius 3 is 2.35 bits per heavy atom. The van der Waals surface area contributed by atoms with Gasteiger partial charge in [0.05, 0.1) is 18.8 Å². The van der Waals surface area contributed by atoms with Gasteiger partial charge in [0.2, 0.25) is 0 Å². The molecule has 4 heteroatoms. The summed E-state index contributed by atoms with van der Waals surface area (Å²) in [5, 5.41) is 29.5. The zero-order valence-electron chi connectivity index (χ0n) is 12.2. The van der Waals surface area contributed by atoms with Crippen molar-refractivity contribution in [3.05, 3.63) is 48.0 Å². The second kappa shape index (κ2) is 8.17. The van der Waals surface area contributed by atoms with E-state index in [-0.39, 0.29) is 12.5 Å². The summed E-state index contributed by atoms with van der Waals surface area (Å²) in [6.45, 7) is 6.66. The fourth-order valence-corrected chi connectivity index (χ4v) is 2.11. The molecular weight excluding hydrogens is 254 g/mol. The van der Waals surface area contributed by atoms with Gasteiger partial charge in [-0.05, 0) is 18.2 Å². The van der Waals surface area contributed by atoms with Crippen molar-refractivity contribution in [2.24, 2.45) is 5.92 Å². The Morgan fingerprint density at radius 1 is 1.25 bits per heavy atom. The van der Waals surface area contributed by atoms with Crippen LogP contribution in [0.4, 0.5) is 0 Å². The third-order valence-electron chi connectivity index (χ3n) is 3.55. The lowest BCUT2D eigenvalue weighted by molar-refractivity contribution is 0.00702. The molecule has 0 bridgehead atoms. The number of nitrogens with zero attached hydrogens (tertiary/aromatic N) is 1. The number of hydrogen-bond donors (Lipinski definition) is 3. The predicted octanol–water partition coefficient (Wildman–Crippen LogP) is 1.33. The summed E-state index contributed by atoms with van der Waals surface area (Å²) in [6, 6.07) is 7.13. The van der Waals surface area contributed by atoms with Gasteiger partial charge in [0, 0.05) is 19.0 Å². The molecular formula is C16H25NO3. The van der Waals surface area contributed by atoms with Crippen molar-refractivity contribution in [2.75, 3.05) is 20.1 Å². The maximum Gasteiger partial charge on any atom is 0.0840 e. The Bertz CT molecular complexity index is 405. The third-order valence-corrected chi connectivity index (χ3v) is 3.55. The SMILES string of the molecule is C=CCN(C)C[C@H](O)[C@@H](C)[C@H](O)c1ccc(CO)cc1. The van der Waals surface area contributed by atoms with Gasteiger partial charge in [-0.3, -0.25) is 0 Å². The van der Waals surface area contributed by atoms with Gasteiger partial charge in [-0.15, -0.1) is 6.58 Å². The largest absolute Gasteiger partial charge is 0.392 e. The first-order valence-corrected chi connectivity index (χ1v) is 6.84. The Balaban J connectivity index is 2.64. The van der Waals surface area contributed by atoms with E-state index in [4.69, 9.17) is 5.11 Å². The Labute approximate surface area is 121 Å². The van der Waals surface area contributed by atoms with E-state index >= 15 is 0 Å². The molecule has 0 aliphatic heterocycles. The maximum atomic E-state index is 10.3. The first-order valence-electron chi connectivity index (χ1n) is 6.84. The highest BCUT2D eigenvalue weighted by Gasteiger charge is 2.24. The van der Waals surface area contributed by atoms with E-state index in [0.717, 1.165) is 11.1 Å². The summed E-state index contributed by atoms with van der Waals surface area (Å²) < 4.78 is 0.